The lowest BCUT2D eigenvalue weighted by molar-refractivity contribution is 0.227. The van der Waals surface area contributed by atoms with Crippen LogP contribution in [0.3, 0.4) is 0 Å². The number of ether oxygens (including phenoxy) is 6. The van der Waals surface area contributed by atoms with E-state index in [1.807, 2.05) is 18.2 Å². The van der Waals surface area contributed by atoms with Crippen LogP contribution in [0.5, 0.6) is 40.2 Å². The van der Waals surface area contributed by atoms with Gasteiger partial charge in [-0.15, -0.1) is 12.4 Å². The van der Waals surface area contributed by atoms with Crippen LogP contribution in [0.2, 0.25) is 0 Å². The Morgan fingerprint density at radius 1 is 0.617 bits per heavy atom. The van der Waals surface area contributed by atoms with E-state index in [0.717, 1.165) is 67.5 Å². The molecule has 0 spiro atoms. The van der Waals surface area contributed by atoms with E-state index < -0.39 is 0 Å². The van der Waals surface area contributed by atoms with Gasteiger partial charge in [-0.3, -0.25) is 4.90 Å². The van der Waals surface area contributed by atoms with Crippen LogP contribution in [0.1, 0.15) is 45.5 Å². The maximum Gasteiger partial charge on any atom is 0.169 e. The zero-order chi connectivity index (χ0) is 32.2. The largest absolute Gasteiger partial charge is 0.493 e. The molecule has 47 heavy (non-hydrogen) atoms. The molecule has 0 amide bonds. The molecule has 0 radical (unpaired) electrons. The summed E-state index contributed by atoms with van der Waals surface area (Å²) >= 11 is 0. The number of nitrogens with one attached hydrogen (secondary N) is 1. The number of fused-ring (bicyclic) bond motifs is 2. The van der Waals surface area contributed by atoms with Crippen LogP contribution >= 0.6 is 12.4 Å². The van der Waals surface area contributed by atoms with Crippen LogP contribution in [0.25, 0.3) is 0 Å². The molecule has 0 saturated carbocycles. The van der Waals surface area contributed by atoms with Crippen LogP contribution in [0.4, 0.5) is 0 Å². The molecule has 8 nitrogen and oxygen atoms in total. The molecule has 2 atom stereocenters. The molecule has 2 aliphatic heterocycles. The number of methoxy groups -OCH3 is 5. The molecule has 0 aliphatic carbocycles. The van der Waals surface area contributed by atoms with Crippen LogP contribution in [0, 0.1) is 0 Å². The van der Waals surface area contributed by atoms with E-state index in [1.165, 1.54) is 33.4 Å². The third-order valence-corrected chi connectivity index (χ3v) is 9.32. The van der Waals surface area contributed by atoms with Crippen molar-refractivity contribution in [3.05, 3.63) is 100 Å². The zero-order valence-corrected chi connectivity index (χ0v) is 28.9. The Morgan fingerprint density at radius 3 is 1.83 bits per heavy atom. The van der Waals surface area contributed by atoms with E-state index in [2.05, 4.69) is 65.8 Å². The molecule has 4 aromatic carbocycles. The minimum Gasteiger partial charge on any atom is -0.493 e. The van der Waals surface area contributed by atoms with Crippen molar-refractivity contribution in [2.75, 3.05) is 55.7 Å². The van der Waals surface area contributed by atoms with Gasteiger partial charge in [0.15, 0.2) is 34.5 Å². The summed E-state index contributed by atoms with van der Waals surface area (Å²) < 4.78 is 34.5. The Labute approximate surface area is 284 Å². The Morgan fingerprint density at radius 2 is 1.19 bits per heavy atom. The summed E-state index contributed by atoms with van der Waals surface area (Å²) in [7, 11) is 10.6. The van der Waals surface area contributed by atoms with Gasteiger partial charge in [-0.25, -0.2) is 0 Å². The van der Waals surface area contributed by atoms with E-state index in [1.54, 1.807) is 35.5 Å². The fourth-order valence-electron chi connectivity index (χ4n) is 6.78. The number of benzene rings is 4. The second-order valence-corrected chi connectivity index (χ2v) is 12.0. The first kappa shape index (κ1) is 34.2. The fraction of sp³-hybridized carbons (Fsp3) is 0.368. The first-order chi connectivity index (χ1) is 22.4. The second-order valence-electron chi connectivity index (χ2n) is 12.0. The van der Waals surface area contributed by atoms with Gasteiger partial charge in [-0.05, 0) is 121 Å². The first-order valence-corrected chi connectivity index (χ1v) is 15.8. The molecule has 4 aromatic rings. The van der Waals surface area contributed by atoms with Crippen molar-refractivity contribution in [2.24, 2.45) is 0 Å². The average molecular weight is 661 g/mol. The monoisotopic (exact) mass is 660 g/mol. The maximum absolute atomic E-state index is 6.43. The van der Waals surface area contributed by atoms with Gasteiger partial charge >= 0.3 is 0 Å². The standard InChI is InChI=1S/C38H44N2O6.ClH/c1-40-16-14-27-21-35(43-4)37(45-6)23-30(27)32(40)18-25-9-12-33(41-2)38(19-25)46-28-10-7-24(8-11-28)17-31-29-22-36(44-5)34(42-3)20-26(29)13-15-39-31;/h7-12,19-23,31-32,39H,13-18H2,1-6H3;1H/t31-,32-;/m1./s1. The van der Waals surface area contributed by atoms with Gasteiger partial charge in [0, 0.05) is 18.6 Å². The summed E-state index contributed by atoms with van der Waals surface area (Å²) in [6.45, 7) is 1.90. The third-order valence-electron chi connectivity index (χ3n) is 9.32. The Balaban J connectivity index is 0.00000433. The maximum atomic E-state index is 6.43. The molecule has 9 heteroatoms. The molecule has 6 rings (SSSR count). The third kappa shape index (κ3) is 7.25. The van der Waals surface area contributed by atoms with Gasteiger partial charge in [0.2, 0.25) is 0 Å². The number of hydrogen-bond donors (Lipinski definition) is 1. The molecular weight excluding hydrogens is 616 g/mol. The molecule has 0 fully saturated rings. The summed E-state index contributed by atoms with van der Waals surface area (Å²) in [5.41, 5.74) is 7.52. The topological polar surface area (TPSA) is 70.7 Å². The van der Waals surface area contributed by atoms with Crippen LogP contribution in [0.15, 0.2) is 66.7 Å². The van der Waals surface area contributed by atoms with Gasteiger partial charge in [0.05, 0.1) is 35.5 Å². The quantitative estimate of drug-likeness (QED) is 0.182. The lowest BCUT2D eigenvalue weighted by Gasteiger charge is -2.35. The van der Waals surface area contributed by atoms with E-state index in [9.17, 15) is 0 Å². The van der Waals surface area contributed by atoms with Crippen LogP contribution in [-0.4, -0.2) is 60.6 Å². The number of rotatable bonds is 11. The summed E-state index contributed by atoms with van der Waals surface area (Å²) in [5, 5.41) is 3.68. The minimum absolute atomic E-state index is 0. The average Bonchev–Trinajstić information content (AvgIpc) is 3.09. The summed E-state index contributed by atoms with van der Waals surface area (Å²) in [6.07, 6.45) is 3.62. The Hall–Kier alpha value is -4.11. The van der Waals surface area contributed by atoms with E-state index in [0.29, 0.717) is 11.5 Å². The molecular formula is C38H45ClN2O6. The van der Waals surface area contributed by atoms with Crippen molar-refractivity contribution in [3.63, 3.8) is 0 Å². The fourth-order valence-corrected chi connectivity index (χ4v) is 6.78. The van der Waals surface area contributed by atoms with Gasteiger partial charge < -0.3 is 33.7 Å². The van der Waals surface area contributed by atoms with Crippen molar-refractivity contribution in [3.8, 4) is 40.2 Å². The molecule has 0 unspecified atom stereocenters. The van der Waals surface area contributed by atoms with Crippen molar-refractivity contribution in [1.29, 1.82) is 0 Å². The minimum atomic E-state index is 0. The van der Waals surface area contributed by atoms with Gasteiger partial charge in [-0.1, -0.05) is 18.2 Å². The van der Waals surface area contributed by atoms with Gasteiger partial charge in [0.25, 0.3) is 0 Å². The van der Waals surface area contributed by atoms with E-state index >= 15 is 0 Å². The number of likely N-dealkylation sites (N-methyl/N-ethyl adjacent to an activating group) is 1. The summed E-state index contributed by atoms with van der Waals surface area (Å²) in [4.78, 5) is 2.41. The zero-order valence-electron chi connectivity index (χ0n) is 28.1. The highest BCUT2D eigenvalue weighted by molar-refractivity contribution is 5.85. The molecule has 2 heterocycles. The second kappa shape index (κ2) is 15.2. The SMILES string of the molecule is COc1cc2c(cc1OC)[C@@H](Cc1ccc(OC)c(Oc3ccc(C[C@H]4NCCc5cc(OC)c(OC)cc54)cc3)c1)N(C)CC2.Cl. The molecule has 0 saturated heterocycles. The highest BCUT2D eigenvalue weighted by Crippen LogP contribution is 2.41. The van der Waals surface area contributed by atoms with E-state index in [-0.39, 0.29) is 24.5 Å². The van der Waals surface area contributed by atoms with Crippen LogP contribution < -0.4 is 33.7 Å². The highest BCUT2D eigenvalue weighted by atomic mass is 35.5. The summed E-state index contributed by atoms with van der Waals surface area (Å²) in [5.74, 6) is 5.23. The Bertz CT molecular complexity index is 1680. The van der Waals surface area contributed by atoms with Crippen molar-refractivity contribution in [2.45, 2.75) is 37.8 Å². The molecule has 1 N–H and O–H groups in total. The first-order valence-electron chi connectivity index (χ1n) is 15.8. The predicted molar refractivity (Wildman–Crippen MR) is 187 cm³/mol. The number of nitrogens with zero attached hydrogens (tertiary/aromatic N) is 1. The molecule has 2 aliphatic rings. The predicted octanol–water partition coefficient (Wildman–Crippen LogP) is 7.14. The lowest BCUT2D eigenvalue weighted by Crippen LogP contribution is -2.33. The van der Waals surface area contributed by atoms with Crippen molar-refractivity contribution in [1.82, 2.24) is 10.2 Å². The van der Waals surface area contributed by atoms with Crippen molar-refractivity contribution < 1.29 is 28.4 Å². The number of hydrogen-bond acceptors (Lipinski definition) is 8. The van der Waals surface area contributed by atoms with Gasteiger partial charge in [-0.2, -0.15) is 0 Å². The smallest absolute Gasteiger partial charge is 0.169 e. The Kier molecular flexibility index (Phi) is 11.1. The van der Waals surface area contributed by atoms with Gasteiger partial charge in [0.1, 0.15) is 5.75 Å². The number of halogens is 1. The highest BCUT2D eigenvalue weighted by Gasteiger charge is 2.28. The lowest BCUT2D eigenvalue weighted by atomic mass is 9.88. The van der Waals surface area contributed by atoms with Crippen molar-refractivity contribution >= 4 is 12.4 Å². The molecule has 0 aromatic heterocycles. The van der Waals surface area contributed by atoms with Crippen LogP contribution in [-0.2, 0) is 25.7 Å². The summed E-state index contributed by atoms with van der Waals surface area (Å²) in [6, 6.07) is 23.4. The normalized spacial score (nSPS) is 17.1. The molecule has 0 bridgehead atoms. The van der Waals surface area contributed by atoms with E-state index in [4.69, 9.17) is 28.4 Å². The molecule has 250 valence electrons.